The van der Waals surface area contributed by atoms with Crippen molar-refractivity contribution in [2.24, 2.45) is 0 Å². The van der Waals surface area contributed by atoms with Crippen LogP contribution in [0.5, 0.6) is 0 Å². The normalized spacial score (nSPS) is 11.5. The van der Waals surface area contributed by atoms with Crippen molar-refractivity contribution in [2.75, 3.05) is 0 Å². The Kier molecular flexibility index (Phi) is 3.23. The smallest absolute Gasteiger partial charge is 0.191 e. The minimum atomic E-state index is 0.0969. The van der Waals surface area contributed by atoms with Gasteiger partial charge in [-0.15, -0.1) is 0 Å². The predicted molar refractivity (Wildman–Crippen MR) is 68.7 cm³/mol. The van der Waals surface area contributed by atoms with Gasteiger partial charge in [-0.05, 0) is 0 Å². The standard InChI is InChI=1S/C15H19N2/c1-15(2,3)14-12-17(10-9-16-14)11-13-7-5-4-6-8-13/h4-10,12H,11H2,1-3H3/q+1. The summed E-state index contributed by atoms with van der Waals surface area (Å²) in [5.41, 5.74) is 2.53. The van der Waals surface area contributed by atoms with Crippen molar-refractivity contribution in [3.05, 3.63) is 60.2 Å². The summed E-state index contributed by atoms with van der Waals surface area (Å²) in [6.07, 6.45) is 6.03. The van der Waals surface area contributed by atoms with Gasteiger partial charge in [-0.2, -0.15) is 4.57 Å². The summed E-state index contributed by atoms with van der Waals surface area (Å²) >= 11 is 0. The highest BCUT2D eigenvalue weighted by Crippen LogP contribution is 2.17. The van der Waals surface area contributed by atoms with Crippen molar-refractivity contribution in [2.45, 2.75) is 32.7 Å². The van der Waals surface area contributed by atoms with Crippen LogP contribution in [0.25, 0.3) is 0 Å². The summed E-state index contributed by atoms with van der Waals surface area (Å²) in [6.45, 7) is 7.44. The number of hydrogen-bond donors (Lipinski definition) is 0. The average molecular weight is 227 g/mol. The minimum absolute atomic E-state index is 0.0969. The largest absolute Gasteiger partial charge is 0.248 e. The van der Waals surface area contributed by atoms with E-state index in [4.69, 9.17) is 0 Å². The number of aromatic nitrogens is 2. The molecule has 0 N–H and O–H groups in total. The van der Waals surface area contributed by atoms with E-state index in [0.717, 1.165) is 12.2 Å². The van der Waals surface area contributed by atoms with Crippen LogP contribution in [0, 0.1) is 0 Å². The van der Waals surface area contributed by atoms with Crippen LogP contribution >= 0.6 is 0 Å². The monoisotopic (exact) mass is 227 g/mol. The maximum Gasteiger partial charge on any atom is 0.191 e. The van der Waals surface area contributed by atoms with E-state index in [1.807, 2.05) is 18.5 Å². The molecule has 0 amide bonds. The third-order valence-corrected chi connectivity index (χ3v) is 2.74. The predicted octanol–water partition coefficient (Wildman–Crippen LogP) is 2.71. The summed E-state index contributed by atoms with van der Waals surface area (Å²) in [6, 6.07) is 10.5. The maximum atomic E-state index is 4.43. The molecular weight excluding hydrogens is 208 g/mol. The van der Waals surface area contributed by atoms with Crippen molar-refractivity contribution in [3.8, 4) is 0 Å². The fourth-order valence-electron chi connectivity index (χ4n) is 1.71. The molecule has 0 radical (unpaired) electrons. The fourth-order valence-corrected chi connectivity index (χ4v) is 1.71. The molecule has 0 saturated carbocycles. The van der Waals surface area contributed by atoms with Crippen molar-refractivity contribution >= 4 is 0 Å². The van der Waals surface area contributed by atoms with Gasteiger partial charge in [0.2, 0.25) is 0 Å². The zero-order chi connectivity index (χ0) is 12.3. The molecule has 0 aliphatic heterocycles. The summed E-state index contributed by atoms with van der Waals surface area (Å²) < 4.78 is 2.18. The summed E-state index contributed by atoms with van der Waals surface area (Å²) in [5.74, 6) is 0. The summed E-state index contributed by atoms with van der Waals surface area (Å²) in [4.78, 5) is 4.43. The van der Waals surface area contributed by atoms with Crippen LogP contribution in [0.4, 0.5) is 0 Å². The van der Waals surface area contributed by atoms with E-state index in [-0.39, 0.29) is 5.41 Å². The van der Waals surface area contributed by atoms with Crippen LogP contribution in [-0.2, 0) is 12.0 Å². The van der Waals surface area contributed by atoms with Gasteiger partial charge in [0.1, 0.15) is 5.69 Å². The summed E-state index contributed by atoms with van der Waals surface area (Å²) in [5, 5.41) is 0. The first-order valence-electron chi connectivity index (χ1n) is 5.95. The zero-order valence-electron chi connectivity index (χ0n) is 10.7. The molecule has 0 unspecified atom stereocenters. The first-order valence-corrected chi connectivity index (χ1v) is 5.95. The van der Waals surface area contributed by atoms with Gasteiger partial charge in [-0.25, -0.2) is 4.98 Å². The number of rotatable bonds is 2. The fraction of sp³-hybridized carbons (Fsp3) is 0.333. The Bertz CT molecular complexity index is 484. The Morgan fingerprint density at radius 2 is 1.82 bits per heavy atom. The Balaban J connectivity index is 2.23. The van der Waals surface area contributed by atoms with E-state index in [1.165, 1.54) is 5.56 Å². The molecule has 0 spiro atoms. The topological polar surface area (TPSA) is 16.8 Å². The van der Waals surface area contributed by atoms with Gasteiger partial charge in [-0.3, -0.25) is 0 Å². The van der Waals surface area contributed by atoms with Crippen LogP contribution in [0.1, 0.15) is 32.0 Å². The van der Waals surface area contributed by atoms with E-state index in [0.29, 0.717) is 0 Å². The third-order valence-electron chi connectivity index (χ3n) is 2.74. The van der Waals surface area contributed by atoms with Gasteiger partial charge in [-0.1, -0.05) is 51.1 Å². The molecule has 0 atom stereocenters. The lowest BCUT2D eigenvalue weighted by molar-refractivity contribution is -0.689. The van der Waals surface area contributed by atoms with Gasteiger partial charge in [0.25, 0.3) is 0 Å². The lowest BCUT2D eigenvalue weighted by Gasteiger charge is -2.15. The Morgan fingerprint density at radius 1 is 1.12 bits per heavy atom. The van der Waals surface area contributed by atoms with Crippen LogP contribution in [0.2, 0.25) is 0 Å². The van der Waals surface area contributed by atoms with Crippen LogP contribution in [0.3, 0.4) is 0 Å². The molecule has 17 heavy (non-hydrogen) atoms. The first kappa shape index (κ1) is 11.8. The molecule has 2 nitrogen and oxygen atoms in total. The highest BCUT2D eigenvalue weighted by molar-refractivity contribution is 5.13. The number of nitrogens with zero attached hydrogens (tertiary/aromatic N) is 2. The third kappa shape index (κ3) is 3.13. The van der Waals surface area contributed by atoms with E-state index in [9.17, 15) is 0 Å². The van der Waals surface area contributed by atoms with Crippen LogP contribution in [-0.4, -0.2) is 4.98 Å². The number of benzene rings is 1. The van der Waals surface area contributed by atoms with E-state index >= 15 is 0 Å². The molecule has 1 aromatic heterocycles. The van der Waals surface area contributed by atoms with Gasteiger partial charge in [0.05, 0.1) is 6.20 Å². The van der Waals surface area contributed by atoms with Crippen molar-refractivity contribution < 1.29 is 4.57 Å². The minimum Gasteiger partial charge on any atom is -0.248 e. The molecule has 2 aromatic rings. The lowest BCUT2D eigenvalue weighted by Crippen LogP contribution is -2.36. The molecule has 0 aliphatic carbocycles. The molecule has 88 valence electrons. The second-order valence-electron chi connectivity index (χ2n) is 5.35. The number of hydrogen-bond acceptors (Lipinski definition) is 1. The van der Waals surface area contributed by atoms with Crippen molar-refractivity contribution in [3.63, 3.8) is 0 Å². The SMILES string of the molecule is CC(C)(C)c1c[n+](Cc2ccccc2)ccn1. The van der Waals surface area contributed by atoms with E-state index in [1.54, 1.807) is 0 Å². The van der Waals surface area contributed by atoms with Gasteiger partial charge in [0, 0.05) is 11.0 Å². The summed E-state index contributed by atoms with van der Waals surface area (Å²) in [7, 11) is 0. The van der Waals surface area contributed by atoms with Gasteiger partial charge < -0.3 is 0 Å². The van der Waals surface area contributed by atoms with Gasteiger partial charge in [0.15, 0.2) is 18.9 Å². The second-order valence-corrected chi connectivity index (χ2v) is 5.35. The van der Waals surface area contributed by atoms with E-state index < -0.39 is 0 Å². The maximum absolute atomic E-state index is 4.43. The Hall–Kier alpha value is -1.70. The zero-order valence-corrected chi connectivity index (χ0v) is 10.7. The molecule has 0 saturated heterocycles. The van der Waals surface area contributed by atoms with Gasteiger partial charge >= 0.3 is 0 Å². The quantitative estimate of drug-likeness (QED) is 0.721. The lowest BCUT2D eigenvalue weighted by atomic mass is 9.93. The van der Waals surface area contributed by atoms with Crippen LogP contribution < -0.4 is 4.57 Å². The first-order chi connectivity index (χ1) is 8.05. The molecule has 1 aromatic carbocycles. The van der Waals surface area contributed by atoms with Crippen LogP contribution in [0.15, 0.2) is 48.9 Å². The highest BCUT2D eigenvalue weighted by Gasteiger charge is 2.18. The van der Waals surface area contributed by atoms with Crippen molar-refractivity contribution in [1.82, 2.24) is 4.98 Å². The molecule has 0 fully saturated rings. The average Bonchev–Trinajstić information content (AvgIpc) is 2.29. The Labute approximate surface area is 103 Å². The molecule has 1 heterocycles. The molecule has 0 aliphatic rings. The molecular formula is C15H19N2+. The molecule has 0 bridgehead atoms. The molecule has 2 heteroatoms. The second kappa shape index (κ2) is 4.66. The van der Waals surface area contributed by atoms with E-state index in [2.05, 4.69) is 60.8 Å². The van der Waals surface area contributed by atoms with Crippen molar-refractivity contribution in [1.29, 1.82) is 0 Å². The Morgan fingerprint density at radius 3 is 2.47 bits per heavy atom. The highest BCUT2D eigenvalue weighted by atomic mass is 15.0. The molecule has 2 rings (SSSR count).